The van der Waals surface area contributed by atoms with Gasteiger partial charge in [0.05, 0.1) is 0 Å². The molecule has 0 saturated heterocycles. The highest BCUT2D eigenvalue weighted by Gasteiger charge is 2.29. The fourth-order valence-electron chi connectivity index (χ4n) is 3.46. The maximum Gasteiger partial charge on any atom is 0.132 e. The number of hydrogen-bond acceptors (Lipinski definition) is 1. The van der Waals surface area contributed by atoms with E-state index in [9.17, 15) is 4.79 Å². The van der Waals surface area contributed by atoms with Gasteiger partial charge in [-0.2, -0.15) is 0 Å². The second-order valence-electron chi connectivity index (χ2n) is 6.44. The standard InChI is InChI=1S/C17H32O/c1-4-5-6-7-8-9-16(18)12-13-17-14(2)10-11-15(17)3/h14-15,17H,4-13H2,1-3H3. The lowest BCUT2D eigenvalue weighted by molar-refractivity contribution is -0.119. The predicted molar refractivity (Wildman–Crippen MR) is 78.7 cm³/mol. The zero-order chi connectivity index (χ0) is 13.4. The molecule has 0 radical (unpaired) electrons. The second-order valence-corrected chi connectivity index (χ2v) is 6.44. The van der Waals surface area contributed by atoms with Gasteiger partial charge in [0, 0.05) is 12.8 Å². The molecule has 0 aromatic carbocycles. The molecule has 18 heavy (non-hydrogen) atoms. The van der Waals surface area contributed by atoms with Crippen LogP contribution in [0.25, 0.3) is 0 Å². The van der Waals surface area contributed by atoms with E-state index < -0.39 is 0 Å². The van der Waals surface area contributed by atoms with Crippen molar-refractivity contribution in [1.29, 1.82) is 0 Å². The minimum atomic E-state index is 0.512. The Hall–Kier alpha value is -0.330. The van der Waals surface area contributed by atoms with Crippen LogP contribution in [-0.4, -0.2) is 5.78 Å². The molecule has 106 valence electrons. The summed E-state index contributed by atoms with van der Waals surface area (Å²) >= 11 is 0. The lowest BCUT2D eigenvalue weighted by Gasteiger charge is -2.19. The number of carbonyl (C=O) groups is 1. The smallest absolute Gasteiger partial charge is 0.132 e. The van der Waals surface area contributed by atoms with Crippen LogP contribution in [-0.2, 0) is 4.79 Å². The van der Waals surface area contributed by atoms with Crippen molar-refractivity contribution in [1.82, 2.24) is 0 Å². The average molecular weight is 252 g/mol. The van der Waals surface area contributed by atoms with Crippen molar-refractivity contribution in [3.05, 3.63) is 0 Å². The van der Waals surface area contributed by atoms with Crippen LogP contribution in [0, 0.1) is 17.8 Å². The van der Waals surface area contributed by atoms with E-state index in [2.05, 4.69) is 20.8 Å². The molecular weight excluding hydrogens is 220 g/mol. The molecule has 1 rings (SSSR count). The van der Waals surface area contributed by atoms with Gasteiger partial charge in [-0.1, -0.05) is 59.3 Å². The molecule has 0 N–H and O–H groups in total. The van der Waals surface area contributed by atoms with Gasteiger partial charge in [-0.05, 0) is 30.6 Å². The summed E-state index contributed by atoms with van der Waals surface area (Å²) in [5.41, 5.74) is 0. The zero-order valence-corrected chi connectivity index (χ0v) is 12.7. The summed E-state index contributed by atoms with van der Waals surface area (Å²) in [6, 6.07) is 0. The maximum atomic E-state index is 11.8. The van der Waals surface area contributed by atoms with Crippen LogP contribution >= 0.6 is 0 Å². The Morgan fingerprint density at radius 3 is 2.17 bits per heavy atom. The van der Waals surface area contributed by atoms with E-state index in [1.165, 1.54) is 38.5 Å². The molecule has 1 fully saturated rings. The molecular formula is C17H32O. The highest BCUT2D eigenvalue weighted by molar-refractivity contribution is 5.78. The van der Waals surface area contributed by atoms with Gasteiger partial charge in [-0.15, -0.1) is 0 Å². The van der Waals surface area contributed by atoms with Crippen LogP contribution in [0.4, 0.5) is 0 Å². The van der Waals surface area contributed by atoms with Crippen LogP contribution < -0.4 is 0 Å². The van der Waals surface area contributed by atoms with Gasteiger partial charge in [0.1, 0.15) is 5.78 Å². The van der Waals surface area contributed by atoms with Crippen molar-refractivity contribution in [2.75, 3.05) is 0 Å². The number of ketones is 1. The van der Waals surface area contributed by atoms with Gasteiger partial charge in [0.15, 0.2) is 0 Å². The van der Waals surface area contributed by atoms with Gasteiger partial charge < -0.3 is 0 Å². The first-order valence-electron chi connectivity index (χ1n) is 8.16. The number of carbonyl (C=O) groups excluding carboxylic acids is 1. The Morgan fingerprint density at radius 1 is 0.944 bits per heavy atom. The summed E-state index contributed by atoms with van der Waals surface area (Å²) in [7, 11) is 0. The van der Waals surface area contributed by atoms with E-state index >= 15 is 0 Å². The summed E-state index contributed by atoms with van der Waals surface area (Å²) in [6.07, 6.45) is 11.8. The fraction of sp³-hybridized carbons (Fsp3) is 0.941. The van der Waals surface area contributed by atoms with Gasteiger partial charge >= 0.3 is 0 Å². The first-order chi connectivity index (χ1) is 8.65. The lowest BCUT2D eigenvalue weighted by atomic mass is 9.86. The van der Waals surface area contributed by atoms with Crippen molar-refractivity contribution in [3.8, 4) is 0 Å². The topological polar surface area (TPSA) is 17.1 Å². The third kappa shape index (κ3) is 5.54. The van der Waals surface area contributed by atoms with Crippen molar-refractivity contribution < 1.29 is 4.79 Å². The van der Waals surface area contributed by atoms with Crippen LogP contribution in [0.15, 0.2) is 0 Å². The number of hydrogen-bond donors (Lipinski definition) is 0. The van der Waals surface area contributed by atoms with Gasteiger partial charge in [0.2, 0.25) is 0 Å². The first-order valence-corrected chi connectivity index (χ1v) is 8.16. The molecule has 0 spiro atoms. The van der Waals surface area contributed by atoms with Gasteiger partial charge in [-0.3, -0.25) is 4.79 Å². The molecule has 0 aromatic rings. The zero-order valence-electron chi connectivity index (χ0n) is 12.7. The summed E-state index contributed by atoms with van der Waals surface area (Å²) in [4.78, 5) is 11.8. The van der Waals surface area contributed by atoms with Crippen LogP contribution in [0.1, 0.15) is 85.0 Å². The van der Waals surface area contributed by atoms with Crippen molar-refractivity contribution >= 4 is 5.78 Å². The normalized spacial score (nSPS) is 27.6. The largest absolute Gasteiger partial charge is 0.300 e. The third-order valence-electron chi connectivity index (χ3n) is 4.85. The summed E-state index contributed by atoms with van der Waals surface area (Å²) in [5.74, 6) is 3.02. The van der Waals surface area contributed by atoms with E-state index in [0.29, 0.717) is 5.78 Å². The fourth-order valence-corrected chi connectivity index (χ4v) is 3.46. The Bertz CT molecular complexity index is 224. The predicted octanol–water partition coefficient (Wildman–Crippen LogP) is 5.38. The highest BCUT2D eigenvalue weighted by atomic mass is 16.1. The highest BCUT2D eigenvalue weighted by Crippen LogP contribution is 2.39. The summed E-state index contributed by atoms with van der Waals surface area (Å²) in [5, 5.41) is 0. The number of Topliss-reactive ketones (excluding diaryl/α,β-unsaturated/α-hetero) is 1. The molecule has 1 aliphatic rings. The summed E-state index contributed by atoms with van der Waals surface area (Å²) in [6.45, 7) is 6.96. The van der Waals surface area contributed by atoms with E-state index in [4.69, 9.17) is 0 Å². The number of unbranched alkanes of at least 4 members (excludes halogenated alkanes) is 4. The Kier molecular flexibility index (Phi) is 7.62. The molecule has 0 heterocycles. The lowest BCUT2D eigenvalue weighted by Crippen LogP contribution is -2.12. The van der Waals surface area contributed by atoms with Gasteiger partial charge in [-0.25, -0.2) is 0 Å². The van der Waals surface area contributed by atoms with Crippen molar-refractivity contribution in [3.63, 3.8) is 0 Å². The molecule has 0 amide bonds. The van der Waals surface area contributed by atoms with Crippen molar-refractivity contribution in [2.45, 2.75) is 85.0 Å². The Labute approximate surface area is 114 Å². The quantitative estimate of drug-likeness (QED) is 0.504. The molecule has 1 heteroatoms. The van der Waals surface area contributed by atoms with E-state index in [-0.39, 0.29) is 0 Å². The van der Waals surface area contributed by atoms with E-state index in [1.807, 2.05) is 0 Å². The molecule has 2 unspecified atom stereocenters. The van der Waals surface area contributed by atoms with Gasteiger partial charge in [0.25, 0.3) is 0 Å². The Morgan fingerprint density at radius 2 is 1.56 bits per heavy atom. The monoisotopic (exact) mass is 252 g/mol. The molecule has 1 nitrogen and oxygen atoms in total. The third-order valence-corrected chi connectivity index (χ3v) is 4.85. The summed E-state index contributed by atoms with van der Waals surface area (Å²) < 4.78 is 0. The van der Waals surface area contributed by atoms with E-state index in [1.54, 1.807) is 0 Å². The minimum absolute atomic E-state index is 0.512. The first kappa shape index (κ1) is 15.7. The maximum absolute atomic E-state index is 11.8. The molecule has 0 bridgehead atoms. The molecule has 1 aliphatic carbocycles. The van der Waals surface area contributed by atoms with Crippen molar-refractivity contribution in [2.24, 2.45) is 17.8 Å². The van der Waals surface area contributed by atoms with Crippen LogP contribution in [0.2, 0.25) is 0 Å². The molecule has 0 aliphatic heterocycles. The number of rotatable bonds is 9. The average Bonchev–Trinajstić information content (AvgIpc) is 2.66. The minimum Gasteiger partial charge on any atom is -0.300 e. The molecule has 0 aromatic heterocycles. The Balaban J connectivity index is 2.06. The second kappa shape index (κ2) is 8.72. The molecule has 2 atom stereocenters. The SMILES string of the molecule is CCCCCCCC(=O)CCC1C(C)CCC1C. The van der Waals surface area contributed by atoms with E-state index in [0.717, 1.165) is 43.4 Å². The molecule has 1 saturated carbocycles. The van der Waals surface area contributed by atoms with Crippen LogP contribution in [0.5, 0.6) is 0 Å². The van der Waals surface area contributed by atoms with Crippen LogP contribution in [0.3, 0.4) is 0 Å².